The second kappa shape index (κ2) is 14.1. The Morgan fingerprint density at radius 1 is 1.00 bits per heavy atom. The van der Waals surface area contributed by atoms with Crippen molar-refractivity contribution in [3.8, 4) is 22.5 Å². The Morgan fingerprint density at radius 3 is 2.36 bits per heavy atom. The highest BCUT2D eigenvalue weighted by atomic mass is 16.2. The number of carbonyl (C=O) groups excluding carboxylic acids is 2. The second-order valence-electron chi connectivity index (χ2n) is 8.73. The van der Waals surface area contributed by atoms with Gasteiger partial charge in [-0.2, -0.15) is 5.21 Å². The highest BCUT2D eigenvalue weighted by Crippen LogP contribution is 2.29. The van der Waals surface area contributed by atoms with Gasteiger partial charge >= 0.3 is 0 Å². The number of hydrogen-bond donors (Lipinski definition) is 3. The number of hydrogen-bond acceptors (Lipinski definition) is 6. The Balaban J connectivity index is 1.59. The monoisotopic (exact) mass is 491 g/mol. The summed E-state index contributed by atoms with van der Waals surface area (Å²) >= 11 is 0. The van der Waals surface area contributed by atoms with E-state index in [4.69, 9.17) is 0 Å². The van der Waals surface area contributed by atoms with Crippen LogP contribution < -0.4 is 10.6 Å². The van der Waals surface area contributed by atoms with Crippen LogP contribution in [-0.2, 0) is 16.1 Å². The van der Waals surface area contributed by atoms with Crippen molar-refractivity contribution in [3.05, 3.63) is 54.1 Å². The van der Waals surface area contributed by atoms with Gasteiger partial charge in [0, 0.05) is 25.1 Å². The number of benzene rings is 2. The zero-order chi connectivity index (χ0) is 25.8. The average Bonchev–Trinajstić information content (AvgIpc) is 3.45. The molecule has 0 fully saturated rings. The number of nitrogens with zero attached hydrogens (tertiary/aromatic N) is 4. The lowest BCUT2D eigenvalue weighted by atomic mass is 9.98. The first-order valence-electron chi connectivity index (χ1n) is 12.8. The summed E-state index contributed by atoms with van der Waals surface area (Å²) in [5.41, 5.74) is 3.89. The summed E-state index contributed by atoms with van der Waals surface area (Å²) < 4.78 is 0. The van der Waals surface area contributed by atoms with Gasteiger partial charge in [0.1, 0.15) is 6.04 Å². The minimum Gasteiger partial charge on any atom is -0.350 e. The van der Waals surface area contributed by atoms with Crippen molar-refractivity contribution < 1.29 is 9.59 Å². The molecule has 2 amide bonds. The minimum absolute atomic E-state index is 0.0808. The molecule has 1 aromatic heterocycles. The van der Waals surface area contributed by atoms with Crippen LogP contribution in [0, 0.1) is 0 Å². The number of aromatic nitrogens is 4. The van der Waals surface area contributed by atoms with E-state index in [0.29, 0.717) is 31.8 Å². The molecule has 0 aliphatic carbocycles. The number of aromatic amines is 1. The summed E-state index contributed by atoms with van der Waals surface area (Å²) in [6.45, 7) is 9.15. The van der Waals surface area contributed by atoms with E-state index in [2.05, 4.69) is 56.9 Å². The first-order valence-corrected chi connectivity index (χ1v) is 12.8. The maximum absolute atomic E-state index is 12.9. The van der Waals surface area contributed by atoms with Gasteiger partial charge in [-0.3, -0.25) is 9.59 Å². The number of unbranched alkanes of at least 4 members (excludes halogenated alkanes) is 1. The third kappa shape index (κ3) is 7.71. The molecule has 1 heterocycles. The van der Waals surface area contributed by atoms with Crippen molar-refractivity contribution in [2.75, 3.05) is 19.6 Å². The maximum Gasteiger partial charge on any atom is 0.242 e. The van der Waals surface area contributed by atoms with Gasteiger partial charge in [0.15, 0.2) is 0 Å². The lowest BCUT2D eigenvalue weighted by molar-refractivity contribution is -0.129. The van der Waals surface area contributed by atoms with Gasteiger partial charge in [0.05, 0.1) is 0 Å². The predicted molar refractivity (Wildman–Crippen MR) is 141 cm³/mol. The third-order valence-electron chi connectivity index (χ3n) is 6.29. The molecule has 1 atom stereocenters. The van der Waals surface area contributed by atoms with Crippen molar-refractivity contribution in [2.45, 2.75) is 59.0 Å². The molecular formula is C27H37N7O2. The highest BCUT2D eigenvalue weighted by molar-refractivity contribution is 5.87. The quantitative estimate of drug-likeness (QED) is 0.318. The van der Waals surface area contributed by atoms with Crippen molar-refractivity contribution in [3.63, 3.8) is 0 Å². The molecule has 3 N–H and O–H groups in total. The number of nitrogens with one attached hydrogen (secondary N) is 3. The minimum atomic E-state index is -0.518. The molecule has 0 saturated carbocycles. The van der Waals surface area contributed by atoms with Crippen LogP contribution in [-0.4, -0.2) is 63.0 Å². The summed E-state index contributed by atoms with van der Waals surface area (Å²) in [5.74, 6) is 0.313. The Bertz CT molecular complexity index is 1080. The molecule has 3 aromatic rings. The smallest absolute Gasteiger partial charge is 0.242 e. The number of H-pyrrole nitrogens is 1. The van der Waals surface area contributed by atoms with Gasteiger partial charge in [0.25, 0.3) is 0 Å². The number of tetrazole rings is 1. The maximum atomic E-state index is 12.9. The van der Waals surface area contributed by atoms with Crippen LogP contribution in [0.25, 0.3) is 22.5 Å². The molecule has 2 aromatic carbocycles. The molecule has 0 spiro atoms. The topological polar surface area (TPSA) is 116 Å². The molecule has 36 heavy (non-hydrogen) atoms. The molecule has 0 aliphatic rings. The van der Waals surface area contributed by atoms with E-state index >= 15 is 0 Å². The Labute approximate surface area is 213 Å². The molecule has 9 heteroatoms. The first kappa shape index (κ1) is 27.0. The van der Waals surface area contributed by atoms with Gasteiger partial charge in [-0.25, -0.2) is 0 Å². The van der Waals surface area contributed by atoms with Crippen LogP contribution in [0.2, 0.25) is 0 Å². The molecule has 0 aliphatic heterocycles. The summed E-state index contributed by atoms with van der Waals surface area (Å²) in [6, 6.07) is 15.4. The molecule has 9 nitrogen and oxygen atoms in total. The van der Waals surface area contributed by atoms with E-state index in [1.165, 1.54) is 0 Å². The Kier molecular flexibility index (Phi) is 10.6. The lowest BCUT2D eigenvalue weighted by Gasteiger charge is -2.21. The highest BCUT2D eigenvalue weighted by Gasteiger charge is 2.20. The van der Waals surface area contributed by atoms with E-state index in [1.807, 2.05) is 48.5 Å². The Hall–Kier alpha value is -3.59. The molecule has 192 valence electrons. The number of carbonyl (C=O) groups is 2. The average molecular weight is 492 g/mol. The van der Waals surface area contributed by atoms with Gasteiger partial charge in [0.2, 0.25) is 17.6 Å². The van der Waals surface area contributed by atoms with E-state index in [-0.39, 0.29) is 11.8 Å². The molecule has 0 saturated heterocycles. The summed E-state index contributed by atoms with van der Waals surface area (Å²) in [7, 11) is 0. The number of rotatable bonds is 14. The fourth-order valence-corrected chi connectivity index (χ4v) is 4.06. The van der Waals surface area contributed by atoms with Crippen LogP contribution in [0.1, 0.15) is 52.0 Å². The largest absolute Gasteiger partial charge is 0.350 e. The van der Waals surface area contributed by atoms with Crippen molar-refractivity contribution in [1.29, 1.82) is 0 Å². The normalized spacial score (nSPS) is 11.9. The first-order chi connectivity index (χ1) is 17.5. The van der Waals surface area contributed by atoms with Gasteiger partial charge in [-0.1, -0.05) is 82.1 Å². The molecule has 0 radical (unpaired) electrons. The Morgan fingerprint density at radius 2 is 1.72 bits per heavy atom. The third-order valence-corrected chi connectivity index (χ3v) is 6.29. The van der Waals surface area contributed by atoms with Gasteiger partial charge < -0.3 is 15.5 Å². The van der Waals surface area contributed by atoms with Crippen LogP contribution in [0.5, 0.6) is 0 Å². The standard InChI is InChI=1S/C27H37N7O2/c1-4-7-12-24(29-25(35)17-18-34(5-2)6-3)27(36)28-19-20-13-15-21(16-14-20)22-10-8-9-11-23(22)26-30-32-33-31-26/h8-11,13-16,24H,4-7,12,17-19H2,1-3H3,(H,28,36)(H,29,35)(H,30,31,32,33). The zero-order valence-corrected chi connectivity index (χ0v) is 21.5. The summed E-state index contributed by atoms with van der Waals surface area (Å²) in [4.78, 5) is 27.6. The fourth-order valence-electron chi connectivity index (χ4n) is 4.06. The summed E-state index contributed by atoms with van der Waals surface area (Å²) in [5, 5.41) is 20.3. The van der Waals surface area contributed by atoms with Gasteiger partial charge in [-0.15, -0.1) is 10.2 Å². The zero-order valence-electron chi connectivity index (χ0n) is 21.5. The van der Waals surface area contributed by atoms with Crippen LogP contribution in [0.3, 0.4) is 0 Å². The van der Waals surface area contributed by atoms with Crippen LogP contribution in [0.15, 0.2) is 48.5 Å². The fraction of sp³-hybridized carbons (Fsp3) is 0.444. The van der Waals surface area contributed by atoms with Crippen LogP contribution >= 0.6 is 0 Å². The molecule has 3 rings (SSSR count). The molecular weight excluding hydrogens is 454 g/mol. The van der Waals surface area contributed by atoms with E-state index in [0.717, 1.165) is 48.2 Å². The van der Waals surface area contributed by atoms with Crippen molar-refractivity contribution in [2.24, 2.45) is 0 Å². The van der Waals surface area contributed by atoms with Crippen molar-refractivity contribution in [1.82, 2.24) is 36.2 Å². The van der Waals surface area contributed by atoms with Gasteiger partial charge in [-0.05, 0) is 41.4 Å². The second-order valence-corrected chi connectivity index (χ2v) is 8.73. The SMILES string of the molecule is CCCCC(NC(=O)CCN(CC)CC)C(=O)NCc1ccc(-c2ccccc2-c2nn[nH]n2)cc1. The lowest BCUT2D eigenvalue weighted by Crippen LogP contribution is -2.47. The number of amides is 2. The van der Waals surface area contributed by atoms with E-state index < -0.39 is 6.04 Å². The summed E-state index contributed by atoms with van der Waals surface area (Å²) in [6.07, 6.45) is 2.87. The van der Waals surface area contributed by atoms with Crippen LogP contribution in [0.4, 0.5) is 0 Å². The molecule has 0 bridgehead atoms. The van der Waals surface area contributed by atoms with Crippen molar-refractivity contribution >= 4 is 11.8 Å². The molecule has 1 unspecified atom stereocenters. The van der Waals surface area contributed by atoms with E-state index in [9.17, 15) is 9.59 Å². The predicted octanol–water partition coefficient (Wildman–Crippen LogP) is 3.56. The van der Waals surface area contributed by atoms with E-state index in [1.54, 1.807) is 0 Å².